The van der Waals surface area contributed by atoms with Gasteiger partial charge in [0.15, 0.2) is 5.82 Å². The first-order valence-corrected chi connectivity index (χ1v) is 8.50. The van der Waals surface area contributed by atoms with Crippen LogP contribution in [-0.4, -0.2) is 28.2 Å². The Balaban J connectivity index is 1.43. The summed E-state index contributed by atoms with van der Waals surface area (Å²) in [7, 11) is 0. The summed E-state index contributed by atoms with van der Waals surface area (Å²) < 4.78 is 0. The molecule has 0 bridgehead atoms. The van der Waals surface area contributed by atoms with E-state index >= 15 is 0 Å². The number of nitro benzene ring substituents is 1. The first-order chi connectivity index (χ1) is 13.1. The van der Waals surface area contributed by atoms with Crippen LogP contribution in [0, 0.1) is 17.0 Å². The molecule has 2 aromatic carbocycles. The molecule has 0 aliphatic rings. The van der Waals surface area contributed by atoms with Gasteiger partial charge in [-0.3, -0.25) is 10.1 Å². The molecular weight excluding hydrogens is 344 g/mol. The van der Waals surface area contributed by atoms with E-state index in [1.54, 1.807) is 12.1 Å². The van der Waals surface area contributed by atoms with Gasteiger partial charge in [-0.25, -0.2) is 0 Å². The minimum Gasteiger partial charge on any atom is -0.383 e. The van der Waals surface area contributed by atoms with Gasteiger partial charge in [0.25, 0.3) is 5.69 Å². The lowest BCUT2D eigenvalue weighted by Crippen LogP contribution is -2.14. The summed E-state index contributed by atoms with van der Waals surface area (Å²) in [5.41, 5.74) is 3.07. The third-order valence-corrected chi connectivity index (χ3v) is 3.83. The Labute approximate surface area is 156 Å². The van der Waals surface area contributed by atoms with Crippen LogP contribution in [0.1, 0.15) is 5.56 Å². The van der Waals surface area contributed by atoms with Gasteiger partial charge in [0, 0.05) is 36.6 Å². The van der Waals surface area contributed by atoms with Crippen LogP contribution >= 0.6 is 0 Å². The molecule has 138 valence electrons. The fourth-order valence-corrected chi connectivity index (χ4v) is 2.38. The standard InChI is InChI=1S/C19H20N6O2/c1-14-2-4-16(5-3-14)22-19-11-10-18(23-24-19)21-13-12-20-15-6-8-17(9-7-15)25(26)27/h2-11,20H,12-13H2,1H3,(H,21,23)(H,22,24). The summed E-state index contributed by atoms with van der Waals surface area (Å²) in [6, 6.07) is 18.1. The summed E-state index contributed by atoms with van der Waals surface area (Å²) in [5.74, 6) is 1.35. The molecule has 0 aliphatic heterocycles. The Bertz CT molecular complexity index is 880. The maximum atomic E-state index is 10.6. The molecule has 27 heavy (non-hydrogen) atoms. The van der Waals surface area contributed by atoms with Crippen LogP contribution in [-0.2, 0) is 0 Å². The first-order valence-electron chi connectivity index (χ1n) is 8.50. The second kappa shape index (κ2) is 8.61. The number of anilines is 4. The van der Waals surface area contributed by atoms with Gasteiger partial charge in [0.1, 0.15) is 5.82 Å². The molecule has 0 unspecified atom stereocenters. The van der Waals surface area contributed by atoms with Crippen LogP contribution in [0.4, 0.5) is 28.7 Å². The van der Waals surface area contributed by atoms with Crippen molar-refractivity contribution in [1.82, 2.24) is 10.2 Å². The molecule has 0 aliphatic carbocycles. The zero-order valence-electron chi connectivity index (χ0n) is 14.8. The molecule has 3 rings (SSSR count). The maximum Gasteiger partial charge on any atom is 0.269 e. The number of hydrogen-bond donors (Lipinski definition) is 3. The normalized spacial score (nSPS) is 10.3. The second-order valence-corrected chi connectivity index (χ2v) is 5.95. The SMILES string of the molecule is Cc1ccc(Nc2ccc(NCCNc3ccc([N+](=O)[O-])cc3)nn2)cc1. The average molecular weight is 364 g/mol. The van der Waals surface area contributed by atoms with Gasteiger partial charge in [-0.05, 0) is 43.3 Å². The highest BCUT2D eigenvalue weighted by Gasteiger charge is 2.03. The number of nitro groups is 1. The molecule has 0 amide bonds. The minimum atomic E-state index is -0.415. The zero-order chi connectivity index (χ0) is 19.1. The molecule has 0 atom stereocenters. The van der Waals surface area contributed by atoms with E-state index in [-0.39, 0.29) is 5.69 Å². The van der Waals surface area contributed by atoms with E-state index in [0.717, 1.165) is 11.4 Å². The Morgan fingerprint density at radius 2 is 1.41 bits per heavy atom. The third kappa shape index (κ3) is 5.40. The van der Waals surface area contributed by atoms with Gasteiger partial charge in [0.2, 0.25) is 0 Å². The average Bonchev–Trinajstić information content (AvgIpc) is 2.68. The Hall–Kier alpha value is -3.68. The predicted octanol–water partition coefficient (Wildman–Crippen LogP) is 3.96. The number of nitrogens with one attached hydrogen (secondary N) is 3. The van der Waals surface area contributed by atoms with Gasteiger partial charge in [-0.2, -0.15) is 0 Å². The minimum absolute atomic E-state index is 0.0771. The van der Waals surface area contributed by atoms with Crippen LogP contribution in [0.5, 0.6) is 0 Å². The Morgan fingerprint density at radius 1 is 0.815 bits per heavy atom. The highest BCUT2D eigenvalue weighted by molar-refractivity contribution is 5.57. The predicted molar refractivity (Wildman–Crippen MR) is 107 cm³/mol. The molecule has 1 aromatic heterocycles. The van der Waals surface area contributed by atoms with Gasteiger partial charge in [-0.1, -0.05) is 17.7 Å². The van der Waals surface area contributed by atoms with Crippen LogP contribution < -0.4 is 16.0 Å². The highest BCUT2D eigenvalue weighted by atomic mass is 16.6. The molecule has 0 fully saturated rings. The first kappa shape index (κ1) is 18.1. The lowest BCUT2D eigenvalue weighted by molar-refractivity contribution is -0.384. The van der Waals surface area contributed by atoms with Gasteiger partial charge >= 0.3 is 0 Å². The molecule has 0 saturated heterocycles. The van der Waals surface area contributed by atoms with E-state index in [0.29, 0.717) is 24.7 Å². The zero-order valence-corrected chi connectivity index (χ0v) is 14.8. The quantitative estimate of drug-likeness (QED) is 0.316. The maximum absolute atomic E-state index is 10.6. The van der Waals surface area contributed by atoms with E-state index in [1.807, 2.05) is 43.3 Å². The van der Waals surface area contributed by atoms with Crippen LogP contribution in [0.25, 0.3) is 0 Å². The molecule has 0 radical (unpaired) electrons. The van der Waals surface area contributed by atoms with Crippen molar-refractivity contribution in [3.8, 4) is 0 Å². The highest BCUT2D eigenvalue weighted by Crippen LogP contribution is 2.16. The number of nitrogens with zero attached hydrogens (tertiary/aromatic N) is 3. The fourth-order valence-electron chi connectivity index (χ4n) is 2.38. The van der Waals surface area contributed by atoms with Crippen molar-refractivity contribution in [2.45, 2.75) is 6.92 Å². The van der Waals surface area contributed by atoms with E-state index in [9.17, 15) is 10.1 Å². The van der Waals surface area contributed by atoms with Gasteiger partial charge in [-0.15, -0.1) is 10.2 Å². The smallest absolute Gasteiger partial charge is 0.269 e. The Morgan fingerprint density at radius 3 is 2.04 bits per heavy atom. The summed E-state index contributed by atoms with van der Waals surface area (Å²) in [4.78, 5) is 10.2. The molecule has 0 spiro atoms. The third-order valence-electron chi connectivity index (χ3n) is 3.83. The summed E-state index contributed by atoms with van der Waals surface area (Å²) in [6.07, 6.45) is 0. The van der Waals surface area contributed by atoms with Crippen molar-refractivity contribution in [2.24, 2.45) is 0 Å². The van der Waals surface area contributed by atoms with Gasteiger partial charge in [0.05, 0.1) is 4.92 Å². The lowest BCUT2D eigenvalue weighted by Gasteiger charge is -2.09. The largest absolute Gasteiger partial charge is 0.383 e. The van der Waals surface area contributed by atoms with E-state index in [2.05, 4.69) is 26.1 Å². The van der Waals surface area contributed by atoms with Gasteiger partial charge < -0.3 is 16.0 Å². The van der Waals surface area contributed by atoms with E-state index < -0.39 is 4.92 Å². The van der Waals surface area contributed by atoms with E-state index in [1.165, 1.54) is 17.7 Å². The number of aromatic nitrogens is 2. The summed E-state index contributed by atoms with van der Waals surface area (Å²) >= 11 is 0. The van der Waals surface area contributed by atoms with Crippen molar-refractivity contribution in [2.75, 3.05) is 29.0 Å². The summed E-state index contributed by atoms with van der Waals surface area (Å²) in [6.45, 7) is 3.32. The van der Waals surface area contributed by atoms with Crippen LogP contribution in [0.3, 0.4) is 0 Å². The van der Waals surface area contributed by atoms with Crippen molar-refractivity contribution in [1.29, 1.82) is 0 Å². The van der Waals surface area contributed by atoms with E-state index in [4.69, 9.17) is 0 Å². The fraction of sp³-hybridized carbons (Fsp3) is 0.158. The molecular formula is C19H20N6O2. The van der Waals surface area contributed by atoms with Crippen molar-refractivity contribution >= 4 is 28.7 Å². The van der Waals surface area contributed by atoms with Crippen LogP contribution in [0.15, 0.2) is 60.7 Å². The van der Waals surface area contributed by atoms with Crippen molar-refractivity contribution < 1.29 is 4.92 Å². The molecule has 3 aromatic rings. The van der Waals surface area contributed by atoms with Crippen molar-refractivity contribution in [3.63, 3.8) is 0 Å². The number of benzene rings is 2. The number of rotatable bonds is 8. The molecule has 0 saturated carbocycles. The molecule has 8 nitrogen and oxygen atoms in total. The van der Waals surface area contributed by atoms with Crippen LogP contribution in [0.2, 0.25) is 0 Å². The second-order valence-electron chi connectivity index (χ2n) is 5.95. The Kier molecular flexibility index (Phi) is 5.78. The molecule has 8 heteroatoms. The lowest BCUT2D eigenvalue weighted by atomic mass is 10.2. The number of aryl methyl sites for hydroxylation is 1. The number of non-ortho nitro benzene ring substituents is 1. The molecule has 1 heterocycles. The summed E-state index contributed by atoms with van der Waals surface area (Å²) in [5, 5.41) is 28.5. The topological polar surface area (TPSA) is 105 Å². The van der Waals surface area contributed by atoms with Crippen molar-refractivity contribution in [3.05, 3.63) is 76.3 Å². The monoisotopic (exact) mass is 364 g/mol. The number of hydrogen-bond acceptors (Lipinski definition) is 7. The molecule has 3 N–H and O–H groups in total.